The van der Waals surface area contributed by atoms with Crippen LogP contribution < -0.4 is 5.32 Å². The van der Waals surface area contributed by atoms with Crippen molar-refractivity contribution >= 4 is 17.3 Å². The molecule has 3 rings (SSSR count). The maximum absolute atomic E-state index is 13.4. The lowest BCUT2D eigenvalue weighted by molar-refractivity contribution is 0.610. The van der Waals surface area contributed by atoms with Crippen molar-refractivity contribution in [3.63, 3.8) is 0 Å². The molecule has 0 radical (unpaired) electrons. The average Bonchev–Trinajstić information content (AvgIpc) is 2.44. The summed E-state index contributed by atoms with van der Waals surface area (Å²) in [5.41, 5.74) is 3.41. The fourth-order valence-electron chi connectivity index (χ4n) is 2.63. The predicted molar refractivity (Wildman–Crippen MR) is 77.3 cm³/mol. The topological polar surface area (TPSA) is 12.0 Å². The van der Waals surface area contributed by atoms with Crippen molar-refractivity contribution in [1.82, 2.24) is 0 Å². The Balaban J connectivity index is 1.77. The summed E-state index contributed by atoms with van der Waals surface area (Å²) in [4.78, 5) is 0. The van der Waals surface area contributed by atoms with Crippen LogP contribution in [0.4, 0.5) is 10.1 Å². The summed E-state index contributed by atoms with van der Waals surface area (Å²) in [5.74, 6) is -0.338. The zero-order chi connectivity index (χ0) is 13.2. The second kappa shape index (κ2) is 5.22. The SMILES string of the molecule is Fc1cccc(CC2CCc3ccccc3N2)c1Cl. The van der Waals surface area contributed by atoms with E-state index >= 15 is 0 Å². The van der Waals surface area contributed by atoms with E-state index in [1.54, 1.807) is 6.07 Å². The number of para-hydroxylation sites is 1. The van der Waals surface area contributed by atoms with Gasteiger partial charge in [-0.3, -0.25) is 0 Å². The third kappa shape index (κ3) is 2.59. The fourth-order valence-corrected chi connectivity index (χ4v) is 2.83. The maximum Gasteiger partial charge on any atom is 0.142 e. The molecule has 2 aromatic rings. The molecule has 3 heteroatoms. The van der Waals surface area contributed by atoms with Gasteiger partial charge in [0.05, 0.1) is 5.02 Å². The highest BCUT2D eigenvalue weighted by atomic mass is 35.5. The van der Waals surface area contributed by atoms with Gasteiger partial charge in [0.15, 0.2) is 0 Å². The van der Waals surface area contributed by atoms with E-state index in [1.807, 2.05) is 12.1 Å². The van der Waals surface area contributed by atoms with Gasteiger partial charge in [-0.1, -0.05) is 41.9 Å². The number of rotatable bonds is 2. The largest absolute Gasteiger partial charge is 0.382 e. The van der Waals surface area contributed by atoms with E-state index in [-0.39, 0.29) is 10.8 Å². The monoisotopic (exact) mass is 275 g/mol. The van der Waals surface area contributed by atoms with Gasteiger partial charge in [0.1, 0.15) is 5.82 Å². The van der Waals surface area contributed by atoms with Crippen molar-refractivity contribution < 1.29 is 4.39 Å². The number of hydrogen-bond acceptors (Lipinski definition) is 1. The molecule has 2 aromatic carbocycles. The number of fused-ring (bicyclic) bond motifs is 1. The molecule has 1 atom stereocenters. The van der Waals surface area contributed by atoms with Gasteiger partial charge < -0.3 is 5.32 Å². The van der Waals surface area contributed by atoms with Gasteiger partial charge in [0, 0.05) is 11.7 Å². The number of halogens is 2. The zero-order valence-electron chi connectivity index (χ0n) is 10.5. The second-order valence-electron chi connectivity index (χ2n) is 4.95. The molecule has 0 saturated carbocycles. The van der Waals surface area contributed by atoms with Gasteiger partial charge in [-0.05, 0) is 42.5 Å². The third-order valence-corrected chi connectivity index (χ3v) is 4.06. The number of aryl methyl sites for hydroxylation is 1. The first-order valence-corrected chi connectivity index (χ1v) is 6.89. The highest BCUT2D eigenvalue weighted by molar-refractivity contribution is 6.31. The smallest absolute Gasteiger partial charge is 0.142 e. The number of hydrogen-bond donors (Lipinski definition) is 1. The number of benzene rings is 2. The lowest BCUT2D eigenvalue weighted by atomic mass is 9.94. The summed E-state index contributed by atoms with van der Waals surface area (Å²) in [7, 11) is 0. The van der Waals surface area contributed by atoms with Crippen LogP contribution in [0.1, 0.15) is 17.5 Å². The standard InChI is InChI=1S/C16H15ClFN/c17-16-12(5-3-6-14(16)18)10-13-9-8-11-4-1-2-7-15(11)19-13/h1-7,13,19H,8-10H2. The fraction of sp³-hybridized carbons (Fsp3) is 0.250. The molecular weight excluding hydrogens is 261 g/mol. The van der Waals surface area contributed by atoms with Crippen LogP contribution in [-0.4, -0.2) is 6.04 Å². The molecule has 19 heavy (non-hydrogen) atoms. The average molecular weight is 276 g/mol. The molecule has 1 N–H and O–H groups in total. The molecule has 1 unspecified atom stereocenters. The Kier molecular flexibility index (Phi) is 3.43. The molecule has 1 nitrogen and oxygen atoms in total. The van der Waals surface area contributed by atoms with Crippen LogP contribution in [0.3, 0.4) is 0 Å². The minimum absolute atomic E-state index is 0.253. The molecule has 0 saturated heterocycles. The maximum atomic E-state index is 13.4. The van der Waals surface area contributed by atoms with Gasteiger partial charge in [0.2, 0.25) is 0 Å². The van der Waals surface area contributed by atoms with Crippen molar-refractivity contribution in [2.45, 2.75) is 25.3 Å². The Labute approximate surface area is 117 Å². The van der Waals surface area contributed by atoms with Crippen molar-refractivity contribution in [1.29, 1.82) is 0 Å². The van der Waals surface area contributed by atoms with Crippen LogP contribution in [0.2, 0.25) is 5.02 Å². The Morgan fingerprint density at radius 2 is 2.00 bits per heavy atom. The van der Waals surface area contributed by atoms with Gasteiger partial charge >= 0.3 is 0 Å². The number of anilines is 1. The summed E-state index contributed by atoms with van der Waals surface area (Å²) < 4.78 is 13.4. The van der Waals surface area contributed by atoms with Gasteiger partial charge in [-0.2, -0.15) is 0 Å². The van der Waals surface area contributed by atoms with Crippen LogP contribution in [-0.2, 0) is 12.8 Å². The first-order valence-electron chi connectivity index (χ1n) is 6.51. The zero-order valence-corrected chi connectivity index (χ0v) is 11.3. The van der Waals surface area contributed by atoms with Crippen LogP contribution in [0.5, 0.6) is 0 Å². The molecule has 0 aromatic heterocycles. The molecule has 0 amide bonds. The Morgan fingerprint density at radius 1 is 1.16 bits per heavy atom. The molecule has 1 heterocycles. The molecule has 1 aliphatic heterocycles. The lowest BCUT2D eigenvalue weighted by Crippen LogP contribution is -2.27. The first kappa shape index (κ1) is 12.5. The lowest BCUT2D eigenvalue weighted by Gasteiger charge is -2.27. The second-order valence-corrected chi connectivity index (χ2v) is 5.33. The Morgan fingerprint density at radius 3 is 2.89 bits per heavy atom. The van der Waals surface area contributed by atoms with E-state index in [4.69, 9.17) is 11.6 Å². The van der Waals surface area contributed by atoms with Crippen LogP contribution >= 0.6 is 11.6 Å². The van der Waals surface area contributed by atoms with Gasteiger partial charge in [0.25, 0.3) is 0 Å². The van der Waals surface area contributed by atoms with E-state index in [0.29, 0.717) is 6.04 Å². The normalized spacial score (nSPS) is 17.7. The highest BCUT2D eigenvalue weighted by Crippen LogP contribution is 2.28. The molecule has 98 valence electrons. The summed E-state index contributed by atoms with van der Waals surface area (Å²) in [6, 6.07) is 13.7. The van der Waals surface area contributed by atoms with E-state index in [2.05, 4.69) is 23.5 Å². The quantitative estimate of drug-likeness (QED) is 0.854. The van der Waals surface area contributed by atoms with Crippen molar-refractivity contribution in [3.8, 4) is 0 Å². The predicted octanol–water partition coefficient (Wildman–Crippen LogP) is 4.45. The summed E-state index contributed by atoms with van der Waals surface area (Å²) >= 11 is 6.01. The number of nitrogens with one attached hydrogen (secondary N) is 1. The van der Waals surface area contributed by atoms with Gasteiger partial charge in [-0.15, -0.1) is 0 Å². The van der Waals surface area contributed by atoms with Crippen molar-refractivity contribution in [3.05, 3.63) is 64.4 Å². The molecule has 0 fully saturated rings. The van der Waals surface area contributed by atoms with E-state index < -0.39 is 0 Å². The van der Waals surface area contributed by atoms with Crippen molar-refractivity contribution in [2.24, 2.45) is 0 Å². The van der Waals surface area contributed by atoms with Crippen LogP contribution in [0, 0.1) is 5.82 Å². The minimum Gasteiger partial charge on any atom is -0.382 e. The van der Waals surface area contributed by atoms with E-state index in [1.165, 1.54) is 17.3 Å². The Bertz CT molecular complexity index is 597. The van der Waals surface area contributed by atoms with E-state index in [9.17, 15) is 4.39 Å². The third-order valence-electron chi connectivity index (χ3n) is 3.64. The summed E-state index contributed by atoms with van der Waals surface area (Å²) in [5, 5.41) is 3.76. The molecule has 1 aliphatic rings. The van der Waals surface area contributed by atoms with Crippen LogP contribution in [0.15, 0.2) is 42.5 Å². The van der Waals surface area contributed by atoms with Crippen molar-refractivity contribution in [2.75, 3.05) is 5.32 Å². The molecule has 0 spiro atoms. The molecular formula is C16H15ClFN. The highest BCUT2D eigenvalue weighted by Gasteiger charge is 2.19. The summed E-state index contributed by atoms with van der Waals surface area (Å²) in [6.45, 7) is 0. The van der Waals surface area contributed by atoms with Gasteiger partial charge in [-0.25, -0.2) is 4.39 Å². The van der Waals surface area contributed by atoms with E-state index in [0.717, 1.165) is 24.8 Å². The van der Waals surface area contributed by atoms with Crippen LogP contribution in [0.25, 0.3) is 0 Å². The first-order chi connectivity index (χ1) is 9.24. The minimum atomic E-state index is -0.338. The Hall–Kier alpha value is -1.54. The summed E-state index contributed by atoms with van der Waals surface area (Å²) in [6.07, 6.45) is 2.86. The molecule has 0 aliphatic carbocycles. The molecule has 0 bridgehead atoms.